The average Bonchev–Trinajstić information content (AvgIpc) is 3.29. The Morgan fingerprint density at radius 2 is 2.18 bits per heavy atom. The lowest BCUT2D eigenvalue weighted by molar-refractivity contribution is 0.415. The summed E-state index contributed by atoms with van der Waals surface area (Å²) in [5, 5.41) is 14.0. The van der Waals surface area contributed by atoms with Gasteiger partial charge in [0, 0.05) is 40.5 Å². The molecule has 4 heterocycles. The topological polar surface area (TPSA) is 73.7 Å². The van der Waals surface area contributed by atoms with Gasteiger partial charge in [-0.15, -0.1) is 0 Å². The maximum atomic E-state index is 14.0. The normalized spacial score (nSPS) is 20.8. The van der Waals surface area contributed by atoms with Crippen molar-refractivity contribution in [3.63, 3.8) is 0 Å². The van der Waals surface area contributed by atoms with Crippen LogP contribution in [0.25, 0.3) is 27.7 Å². The Kier molecular flexibility index (Phi) is 3.92. The monoisotopic (exact) mass is 374 g/mol. The van der Waals surface area contributed by atoms with Gasteiger partial charge in [0.25, 0.3) is 0 Å². The Morgan fingerprint density at radius 3 is 2.96 bits per heavy atom. The standard InChI is InChI=1S/C22H19FN4O/c1-28-20-5-2-14(23)8-17(20)21-13(10-24)11-25-22-18(21)9-19(27-22)12-6-15-3-4-16(7-12)26-15/h2,5-6,8-9,11,15-16,26H,3-4,7H2,1H3,(H,25,27). The van der Waals surface area contributed by atoms with E-state index in [0.717, 1.165) is 23.9 Å². The number of hydrogen-bond acceptors (Lipinski definition) is 4. The minimum absolute atomic E-state index is 0.377. The minimum atomic E-state index is -0.377. The van der Waals surface area contributed by atoms with Crippen molar-refractivity contribution >= 4 is 16.6 Å². The molecule has 5 nitrogen and oxygen atoms in total. The van der Waals surface area contributed by atoms with Gasteiger partial charge in [-0.25, -0.2) is 9.37 Å². The number of H-pyrrole nitrogens is 1. The van der Waals surface area contributed by atoms with Crippen molar-refractivity contribution in [1.29, 1.82) is 5.26 Å². The van der Waals surface area contributed by atoms with Gasteiger partial charge in [-0.3, -0.25) is 0 Å². The summed E-state index contributed by atoms with van der Waals surface area (Å²) in [6.07, 6.45) is 7.13. The lowest BCUT2D eigenvalue weighted by Crippen LogP contribution is -2.31. The van der Waals surface area contributed by atoms with E-state index in [1.54, 1.807) is 13.2 Å². The third kappa shape index (κ3) is 2.67. The second-order valence-corrected chi connectivity index (χ2v) is 7.39. The van der Waals surface area contributed by atoms with E-state index in [4.69, 9.17) is 4.74 Å². The molecule has 2 aliphatic rings. The molecule has 2 unspecified atom stereocenters. The third-order valence-corrected chi connectivity index (χ3v) is 5.70. The molecule has 0 aliphatic carbocycles. The van der Waals surface area contributed by atoms with Gasteiger partial charge in [0.1, 0.15) is 23.3 Å². The van der Waals surface area contributed by atoms with Crippen LogP contribution in [-0.4, -0.2) is 29.2 Å². The number of pyridine rings is 1. The van der Waals surface area contributed by atoms with Crippen molar-refractivity contribution in [1.82, 2.24) is 15.3 Å². The molecule has 3 aromatic rings. The number of halogens is 1. The predicted molar refractivity (Wildman–Crippen MR) is 105 cm³/mol. The van der Waals surface area contributed by atoms with Gasteiger partial charge in [-0.2, -0.15) is 5.26 Å². The molecule has 2 N–H and O–H groups in total. The fourth-order valence-electron chi connectivity index (χ4n) is 4.42. The molecular formula is C22H19FN4O. The Labute approximate surface area is 161 Å². The molecule has 0 saturated carbocycles. The fraction of sp³-hybridized carbons (Fsp3) is 0.273. The SMILES string of the molecule is COc1ccc(F)cc1-c1c(C#N)cnc2[nH]c(C3=CC4CCC(C3)N4)cc12. The van der Waals surface area contributed by atoms with E-state index in [2.05, 4.69) is 27.4 Å². The van der Waals surface area contributed by atoms with Crippen molar-refractivity contribution < 1.29 is 9.13 Å². The summed E-state index contributed by atoms with van der Waals surface area (Å²) in [5.74, 6) is 0.144. The Balaban J connectivity index is 1.72. The van der Waals surface area contributed by atoms with E-state index >= 15 is 0 Å². The van der Waals surface area contributed by atoms with Gasteiger partial charge in [0.05, 0.1) is 12.7 Å². The molecule has 140 valence electrons. The maximum absolute atomic E-state index is 14.0. The van der Waals surface area contributed by atoms with Gasteiger partial charge in [0.2, 0.25) is 0 Å². The van der Waals surface area contributed by atoms with Crippen molar-refractivity contribution in [3.05, 3.63) is 53.6 Å². The molecule has 28 heavy (non-hydrogen) atoms. The molecule has 6 heteroatoms. The van der Waals surface area contributed by atoms with Crippen LogP contribution in [0.15, 0.2) is 36.5 Å². The molecule has 2 aromatic heterocycles. The number of fused-ring (bicyclic) bond motifs is 3. The lowest BCUT2D eigenvalue weighted by Gasteiger charge is -2.20. The van der Waals surface area contributed by atoms with E-state index in [1.165, 1.54) is 30.3 Å². The molecule has 2 atom stereocenters. The van der Waals surface area contributed by atoms with Gasteiger partial charge in [-0.1, -0.05) is 6.08 Å². The molecule has 0 radical (unpaired) electrons. The van der Waals surface area contributed by atoms with Crippen LogP contribution in [0, 0.1) is 17.1 Å². The first-order valence-corrected chi connectivity index (χ1v) is 9.39. The predicted octanol–water partition coefficient (Wildman–Crippen LogP) is 4.16. The number of benzene rings is 1. The Morgan fingerprint density at radius 1 is 1.29 bits per heavy atom. The fourth-order valence-corrected chi connectivity index (χ4v) is 4.42. The average molecular weight is 374 g/mol. The van der Waals surface area contributed by atoms with E-state index in [-0.39, 0.29) is 5.82 Å². The Bertz CT molecular complexity index is 1160. The highest BCUT2D eigenvalue weighted by molar-refractivity contribution is 5.99. The smallest absolute Gasteiger partial charge is 0.138 e. The summed E-state index contributed by atoms with van der Waals surface area (Å²) >= 11 is 0. The van der Waals surface area contributed by atoms with E-state index in [0.29, 0.717) is 40.2 Å². The van der Waals surface area contributed by atoms with Crippen LogP contribution in [0.2, 0.25) is 0 Å². The minimum Gasteiger partial charge on any atom is -0.496 e. The molecule has 2 aliphatic heterocycles. The summed E-state index contributed by atoms with van der Waals surface area (Å²) in [4.78, 5) is 7.83. The van der Waals surface area contributed by atoms with Crippen molar-refractivity contribution in [2.75, 3.05) is 7.11 Å². The first-order chi connectivity index (χ1) is 13.7. The van der Waals surface area contributed by atoms with E-state index in [9.17, 15) is 9.65 Å². The number of aromatic nitrogens is 2. The first-order valence-electron chi connectivity index (χ1n) is 9.39. The van der Waals surface area contributed by atoms with Crippen molar-refractivity contribution in [2.24, 2.45) is 0 Å². The maximum Gasteiger partial charge on any atom is 0.138 e. The number of rotatable bonds is 3. The quantitative estimate of drug-likeness (QED) is 0.722. The number of hydrogen-bond donors (Lipinski definition) is 2. The van der Waals surface area contributed by atoms with Crippen LogP contribution in [0.5, 0.6) is 5.75 Å². The lowest BCUT2D eigenvalue weighted by atomic mass is 9.96. The summed E-state index contributed by atoms with van der Waals surface area (Å²) in [6.45, 7) is 0. The van der Waals surface area contributed by atoms with E-state index in [1.807, 2.05) is 6.07 Å². The molecule has 1 aromatic carbocycles. The summed E-state index contributed by atoms with van der Waals surface area (Å²) < 4.78 is 19.5. The second kappa shape index (κ2) is 6.47. The van der Waals surface area contributed by atoms with Crippen LogP contribution in [0.4, 0.5) is 4.39 Å². The number of ether oxygens (including phenoxy) is 1. The van der Waals surface area contributed by atoms with Crippen LogP contribution < -0.4 is 10.1 Å². The van der Waals surface area contributed by atoms with Gasteiger partial charge >= 0.3 is 0 Å². The zero-order chi connectivity index (χ0) is 19.3. The molecular weight excluding hydrogens is 355 g/mol. The van der Waals surface area contributed by atoms with Gasteiger partial charge in [-0.05, 0) is 49.1 Å². The molecule has 1 fully saturated rings. The Hall–Kier alpha value is -3.17. The molecule has 2 bridgehead atoms. The summed E-state index contributed by atoms with van der Waals surface area (Å²) in [7, 11) is 1.54. The van der Waals surface area contributed by atoms with Gasteiger partial charge < -0.3 is 15.0 Å². The van der Waals surface area contributed by atoms with Crippen molar-refractivity contribution in [2.45, 2.75) is 31.3 Å². The zero-order valence-corrected chi connectivity index (χ0v) is 15.4. The number of nitrogens with zero attached hydrogens (tertiary/aromatic N) is 2. The number of methoxy groups -OCH3 is 1. The molecule has 5 rings (SSSR count). The van der Waals surface area contributed by atoms with Crippen molar-refractivity contribution in [3.8, 4) is 22.9 Å². The highest BCUT2D eigenvalue weighted by atomic mass is 19.1. The van der Waals surface area contributed by atoms with Crippen LogP contribution in [0.3, 0.4) is 0 Å². The number of nitriles is 1. The van der Waals surface area contributed by atoms with Crippen LogP contribution >= 0.6 is 0 Å². The highest BCUT2D eigenvalue weighted by Crippen LogP contribution is 2.39. The summed E-state index contributed by atoms with van der Waals surface area (Å²) in [5.41, 5.74) is 4.54. The largest absolute Gasteiger partial charge is 0.496 e. The molecule has 1 saturated heterocycles. The third-order valence-electron chi connectivity index (χ3n) is 5.70. The number of nitrogens with one attached hydrogen (secondary N) is 2. The molecule has 0 amide bonds. The summed E-state index contributed by atoms with van der Waals surface area (Å²) in [6, 6.07) is 9.50. The van der Waals surface area contributed by atoms with Crippen LogP contribution in [-0.2, 0) is 0 Å². The van der Waals surface area contributed by atoms with Gasteiger partial charge in [0.15, 0.2) is 0 Å². The van der Waals surface area contributed by atoms with E-state index < -0.39 is 0 Å². The number of aromatic amines is 1. The zero-order valence-electron chi connectivity index (χ0n) is 15.4. The second-order valence-electron chi connectivity index (χ2n) is 7.39. The molecule has 0 spiro atoms. The first kappa shape index (κ1) is 17.0. The highest BCUT2D eigenvalue weighted by Gasteiger charge is 2.29. The van der Waals surface area contributed by atoms with Crippen LogP contribution in [0.1, 0.15) is 30.5 Å².